The van der Waals surface area contributed by atoms with Crippen LogP contribution in [0.15, 0.2) is 36.8 Å². The Balaban J connectivity index is 1.60. The Bertz CT molecular complexity index is 735. The second-order valence-corrected chi connectivity index (χ2v) is 4.70. The summed E-state index contributed by atoms with van der Waals surface area (Å²) in [5, 5.41) is 2.64. The number of nitrogens with zero attached hydrogens (tertiary/aromatic N) is 2. The van der Waals surface area contributed by atoms with Crippen molar-refractivity contribution in [2.75, 3.05) is 12.1 Å². The first kappa shape index (κ1) is 14.8. The van der Waals surface area contributed by atoms with E-state index in [2.05, 4.69) is 15.3 Å². The highest BCUT2D eigenvalue weighted by molar-refractivity contribution is 5.96. The summed E-state index contributed by atoms with van der Waals surface area (Å²) in [5.41, 5.74) is 0.553. The van der Waals surface area contributed by atoms with Crippen molar-refractivity contribution in [1.82, 2.24) is 9.97 Å². The van der Waals surface area contributed by atoms with Crippen LogP contribution in [0.5, 0.6) is 11.5 Å². The summed E-state index contributed by atoms with van der Waals surface area (Å²) in [6.07, 6.45) is 3.08. The molecule has 1 atom stereocenters. The summed E-state index contributed by atoms with van der Waals surface area (Å²) in [5.74, 6) is -0.0234. The molecule has 1 aliphatic heterocycles. The molecule has 23 heavy (non-hydrogen) atoms. The fourth-order valence-corrected chi connectivity index (χ4v) is 1.90. The van der Waals surface area contributed by atoms with E-state index in [4.69, 9.17) is 14.2 Å². The van der Waals surface area contributed by atoms with Gasteiger partial charge in [0.05, 0.1) is 6.20 Å². The molecule has 0 spiro atoms. The average molecular weight is 315 g/mol. The van der Waals surface area contributed by atoms with E-state index < -0.39 is 18.0 Å². The minimum Gasteiger partial charge on any atom is -0.454 e. The number of nitrogens with one attached hydrogen (secondary N) is 1. The molecule has 0 aliphatic carbocycles. The summed E-state index contributed by atoms with van der Waals surface area (Å²) in [4.78, 5) is 31.5. The molecule has 0 unspecified atom stereocenters. The number of carbonyl (C=O) groups is 2. The van der Waals surface area contributed by atoms with Crippen LogP contribution in [0.2, 0.25) is 0 Å². The van der Waals surface area contributed by atoms with Crippen LogP contribution >= 0.6 is 0 Å². The zero-order valence-corrected chi connectivity index (χ0v) is 12.2. The zero-order chi connectivity index (χ0) is 16.2. The largest absolute Gasteiger partial charge is 0.454 e. The number of benzene rings is 1. The van der Waals surface area contributed by atoms with Crippen LogP contribution in [-0.2, 0) is 9.53 Å². The topological polar surface area (TPSA) is 99.6 Å². The van der Waals surface area contributed by atoms with Gasteiger partial charge in [-0.2, -0.15) is 0 Å². The Hall–Kier alpha value is -3.16. The molecule has 0 saturated carbocycles. The lowest BCUT2D eigenvalue weighted by atomic mass is 10.2. The molecule has 1 N–H and O–H groups in total. The van der Waals surface area contributed by atoms with Crippen molar-refractivity contribution in [3.05, 3.63) is 42.5 Å². The van der Waals surface area contributed by atoms with E-state index in [1.807, 2.05) is 0 Å². The lowest BCUT2D eigenvalue weighted by Crippen LogP contribution is -2.30. The number of anilines is 1. The smallest absolute Gasteiger partial charge is 0.359 e. The van der Waals surface area contributed by atoms with E-state index in [0.717, 1.165) is 0 Å². The number of hydrogen-bond acceptors (Lipinski definition) is 7. The van der Waals surface area contributed by atoms with Gasteiger partial charge in [0, 0.05) is 24.1 Å². The van der Waals surface area contributed by atoms with Gasteiger partial charge in [-0.25, -0.2) is 9.78 Å². The Morgan fingerprint density at radius 1 is 1.26 bits per heavy atom. The molecular formula is C15H13N3O5. The van der Waals surface area contributed by atoms with Crippen molar-refractivity contribution in [3.63, 3.8) is 0 Å². The first-order valence-electron chi connectivity index (χ1n) is 6.81. The summed E-state index contributed by atoms with van der Waals surface area (Å²) in [7, 11) is 0. The quantitative estimate of drug-likeness (QED) is 0.851. The standard InChI is InChI=1S/C15H13N3O5/c1-9(23-15(20)11-7-16-4-5-17-11)14(19)18-10-2-3-12-13(6-10)22-8-21-12/h2-7,9H,8H2,1H3,(H,18,19)/t9-/m1/s1. The molecule has 1 aromatic carbocycles. The van der Waals surface area contributed by atoms with E-state index in [1.165, 1.54) is 25.5 Å². The van der Waals surface area contributed by atoms with Gasteiger partial charge < -0.3 is 19.5 Å². The van der Waals surface area contributed by atoms with Gasteiger partial charge in [0.2, 0.25) is 6.79 Å². The van der Waals surface area contributed by atoms with Crippen molar-refractivity contribution in [2.45, 2.75) is 13.0 Å². The van der Waals surface area contributed by atoms with Crippen LogP contribution < -0.4 is 14.8 Å². The molecule has 2 aromatic rings. The molecule has 118 valence electrons. The maximum absolute atomic E-state index is 12.1. The van der Waals surface area contributed by atoms with Gasteiger partial charge in [-0.05, 0) is 19.1 Å². The molecule has 0 radical (unpaired) electrons. The number of amides is 1. The minimum atomic E-state index is -0.991. The third kappa shape index (κ3) is 3.37. The number of fused-ring (bicyclic) bond motifs is 1. The van der Waals surface area contributed by atoms with E-state index >= 15 is 0 Å². The van der Waals surface area contributed by atoms with Gasteiger partial charge >= 0.3 is 5.97 Å². The Morgan fingerprint density at radius 2 is 2.09 bits per heavy atom. The van der Waals surface area contributed by atoms with Gasteiger partial charge in [-0.3, -0.25) is 9.78 Å². The van der Waals surface area contributed by atoms with Crippen molar-refractivity contribution in [1.29, 1.82) is 0 Å². The number of carbonyl (C=O) groups excluding carboxylic acids is 2. The fraction of sp³-hybridized carbons (Fsp3) is 0.200. The molecule has 1 amide bonds. The van der Waals surface area contributed by atoms with Gasteiger partial charge in [0.15, 0.2) is 23.3 Å². The minimum absolute atomic E-state index is 0.0372. The molecule has 0 fully saturated rings. The van der Waals surface area contributed by atoms with Crippen LogP contribution in [-0.4, -0.2) is 34.7 Å². The third-order valence-electron chi connectivity index (χ3n) is 3.07. The highest BCUT2D eigenvalue weighted by Crippen LogP contribution is 2.34. The predicted molar refractivity (Wildman–Crippen MR) is 78.1 cm³/mol. The van der Waals surface area contributed by atoms with Crippen LogP contribution in [0.3, 0.4) is 0 Å². The highest BCUT2D eigenvalue weighted by atomic mass is 16.7. The van der Waals surface area contributed by atoms with Crippen molar-refractivity contribution >= 4 is 17.6 Å². The van der Waals surface area contributed by atoms with Crippen LogP contribution in [0, 0.1) is 0 Å². The van der Waals surface area contributed by atoms with Crippen LogP contribution in [0.4, 0.5) is 5.69 Å². The van der Waals surface area contributed by atoms with E-state index in [9.17, 15) is 9.59 Å². The van der Waals surface area contributed by atoms with Gasteiger partial charge in [-0.15, -0.1) is 0 Å². The monoisotopic (exact) mass is 315 g/mol. The maximum atomic E-state index is 12.1. The van der Waals surface area contributed by atoms with Crippen LogP contribution in [0.1, 0.15) is 17.4 Å². The summed E-state index contributed by atoms with van der Waals surface area (Å²) >= 11 is 0. The Morgan fingerprint density at radius 3 is 2.87 bits per heavy atom. The molecular weight excluding hydrogens is 302 g/mol. The molecule has 1 aliphatic rings. The number of ether oxygens (including phenoxy) is 3. The van der Waals surface area contributed by atoms with Gasteiger partial charge in [0.25, 0.3) is 5.91 Å². The predicted octanol–water partition coefficient (Wildman–Crippen LogP) is 1.39. The van der Waals surface area contributed by atoms with Gasteiger partial charge in [0.1, 0.15) is 0 Å². The number of esters is 1. The first-order valence-corrected chi connectivity index (χ1v) is 6.81. The SMILES string of the molecule is C[C@@H](OC(=O)c1cnccn1)C(=O)Nc1ccc2c(c1)OCO2. The lowest BCUT2D eigenvalue weighted by Gasteiger charge is -2.13. The van der Waals surface area contributed by atoms with Crippen molar-refractivity contribution in [2.24, 2.45) is 0 Å². The second kappa shape index (κ2) is 6.30. The Kier molecular flexibility index (Phi) is 4.05. The molecule has 8 nitrogen and oxygen atoms in total. The molecule has 0 saturated heterocycles. The maximum Gasteiger partial charge on any atom is 0.359 e. The van der Waals surface area contributed by atoms with E-state index in [-0.39, 0.29) is 12.5 Å². The van der Waals surface area contributed by atoms with E-state index in [0.29, 0.717) is 17.2 Å². The Labute approximate surface area is 131 Å². The zero-order valence-electron chi connectivity index (χ0n) is 12.2. The van der Waals surface area contributed by atoms with E-state index in [1.54, 1.807) is 18.2 Å². The summed E-state index contributed by atoms with van der Waals surface area (Å²) in [6, 6.07) is 4.99. The first-order chi connectivity index (χ1) is 11.1. The molecule has 3 rings (SSSR count). The van der Waals surface area contributed by atoms with Crippen LogP contribution in [0.25, 0.3) is 0 Å². The van der Waals surface area contributed by atoms with Gasteiger partial charge in [-0.1, -0.05) is 0 Å². The lowest BCUT2D eigenvalue weighted by molar-refractivity contribution is -0.123. The molecule has 0 bridgehead atoms. The highest BCUT2D eigenvalue weighted by Gasteiger charge is 2.21. The summed E-state index contributed by atoms with van der Waals surface area (Å²) < 4.78 is 15.5. The summed E-state index contributed by atoms with van der Waals surface area (Å²) in [6.45, 7) is 1.62. The molecule has 8 heteroatoms. The number of rotatable bonds is 4. The number of aromatic nitrogens is 2. The third-order valence-corrected chi connectivity index (χ3v) is 3.07. The number of hydrogen-bond donors (Lipinski definition) is 1. The molecule has 2 heterocycles. The normalized spacial score (nSPS) is 13.3. The van der Waals surface area contributed by atoms with Crippen molar-refractivity contribution < 1.29 is 23.8 Å². The average Bonchev–Trinajstić information content (AvgIpc) is 3.03. The fourth-order valence-electron chi connectivity index (χ4n) is 1.90. The second-order valence-electron chi connectivity index (χ2n) is 4.70. The van der Waals surface area contributed by atoms with Crippen molar-refractivity contribution in [3.8, 4) is 11.5 Å². The molecule has 1 aromatic heterocycles.